The van der Waals surface area contributed by atoms with Crippen molar-refractivity contribution in [1.82, 2.24) is 10.3 Å². The Labute approximate surface area is 122 Å². The van der Waals surface area contributed by atoms with Gasteiger partial charge in [-0.05, 0) is 59.9 Å². The van der Waals surface area contributed by atoms with Crippen LogP contribution in [0.15, 0.2) is 27.8 Å². The van der Waals surface area contributed by atoms with Crippen molar-refractivity contribution in [2.45, 2.75) is 17.9 Å². The summed E-state index contributed by atoms with van der Waals surface area (Å²) in [5.74, 6) is 0.458. The first-order valence-corrected chi connectivity index (χ1v) is 8.08. The molecule has 0 unspecified atom stereocenters. The number of rotatable bonds is 3. The number of hydrogen-bond acceptors (Lipinski definition) is 4. The van der Waals surface area contributed by atoms with Crippen molar-refractivity contribution in [3.63, 3.8) is 0 Å². The first kappa shape index (κ1) is 15.9. The van der Waals surface area contributed by atoms with E-state index in [-0.39, 0.29) is 29.1 Å². The fourth-order valence-electron chi connectivity index (χ4n) is 2.01. The van der Waals surface area contributed by atoms with Gasteiger partial charge in [-0.2, -0.15) is 0 Å². The molecule has 102 valence electrons. The Morgan fingerprint density at radius 1 is 1.33 bits per heavy atom. The van der Waals surface area contributed by atoms with Crippen molar-refractivity contribution >= 4 is 38.2 Å². The average molecular weight is 356 g/mol. The number of pyridine rings is 1. The third-order valence-electron chi connectivity index (χ3n) is 2.92. The van der Waals surface area contributed by atoms with Crippen LogP contribution in [0.3, 0.4) is 0 Å². The molecule has 2 heterocycles. The highest BCUT2D eigenvalue weighted by Crippen LogP contribution is 2.19. The molecule has 1 aliphatic rings. The zero-order chi connectivity index (χ0) is 12.3. The van der Waals surface area contributed by atoms with E-state index in [1.807, 2.05) is 0 Å². The molecule has 0 aromatic carbocycles. The summed E-state index contributed by atoms with van der Waals surface area (Å²) < 4.78 is 24.9. The highest BCUT2D eigenvalue weighted by Gasteiger charge is 2.23. The summed E-state index contributed by atoms with van der Waals surface area (Å²) in [5.41, 5.74) is 0. The minimum atomic E-state index is -3.25. The quantitative estimate of drug-likeness (QED) is 0.843. The molecule has 4 nitrogen and oxygen atoms in total. The second-order valence-electron chi connectivity index (χ2n) is 4.27. The second-order valence-corrected chi connectivity index (χ2v) is 7.07. The van der Waals surface area contributed by atoms with Crippen LogP contribution in [0.25, 0.3) is 0 Å². The van der Waals surface area contributed by atoms with Gasteiger partial charge in [0.2, 0.25) is 0 Å². The van der Waals surface area contributed by atoms with Gasteiger partial charge in [0, 0.05) is 0 Å². The molecule has 1 aliphatic heterocycles. The van der Waals surface area contributed by atoms with E-state index in [4.69, 9.17) is 0 Å². The largest absolute Gasteiger partial charge is 0.317 e. The summed E-state index contributed by atoms with van der Waals surface area (Å²) in [6.07, 6.45) is 1.85. The van der Waals surface area contributed by atoms with Crippen LogP contribution in [-0.2, 0) is 9.84 Å². The molecule has 0 spiro atoms. The van der Waals surface area contributed by atoms with Gasteiger partial charge in [0.15, 0.2) is 14.9 Å². The zero-order valence-electron chi connectivity index (χ0n) is 9.80. The molecule has 1 aromatic heterocycles. The molecule has 2 rings (SSSR count). The molecule has 0 atom stereocenters. The van der Waals surface area contributed by atoms with Crippen LogP contribution in [0, 0.1) is 5.92 Å². The highest BCUT2D eigenvalue weighted by atomic mass is 79.9. The lowest BCUT2D eigenvalue weighted by molar-refractivity contribution is 0.401. The summed E-state index contributed by atoms with van der Waals surface area (Å²) in [7, 11) is -3.25. The third-order valence-corrected chi connectivity index (χ3v) is 5.14. The lowest BCUT2D eigenvalue weighted by Crippen LogP contribution is -2.31. The molecule has 0 aliphatic carbocycles. The van der Waals surface area contributed by atoms with Crippen LogP contribution in [-0.4, -0.2) is 32.2 Å². The van der Waals surface area contributed by atoms with E-state index in [0.717, 1.165) is 25.9 Å². The minimum absolute atomic E-state index is 0. The third kappa shape index (κ3) is 4.19. The molecule has 1 fully saturated rings. The first-order valence-electron chi connectivity index (χ1n) is 5.64. The van der Waals surface area contributed by atoms with Crippen molar-refractivity contribution in [1.29, 1.82) is 0 Å². The summed E-state index contributed by atoms with van der Waals surface area (Å²) in [6.45, 7) is 1.82. The van der Waals surface area contributed by atoms with Crippen LogP contribution in [0.5, 0.6) is 0 Å². The topological polar surface area (TPSA) is 59.1 Å². The van der Waals surface area contributed by atoms with E-state index in [2.05, 4.69) is 26.2 Å². The molecular weight excluding hydrogens is 340 g/mol. The van der Waals surface area contributed by atoms with E-state index < -0.39 is 9.84 Å². The maximum atomic E-state index is 12.1. The monoisotopic (exact) mass is 354 g/mol. The maximum Gasteiger partial charge on any atom is 0.195 e. The molecule has 7 heteroatoms. The van der Waals surface area contributed by atoms with E-state index in [0.29, 0.717) is 4.60 Å². The molecule has 1 N–H and O–H groups in total. The van der Waals surface area contributed by atoms with Gasteiger partial charge >= 0.3 is 0 Å². The molecule has 18 heavy (non-hydrogen) atoms. The van der Waals surface area contributed by atoms with Gasteiger partial charge in [0.05, 0.1) is 5.75 Å². The Kier molecular flexibility index (Phi) is 6.04. The molecular formula is C11H16BrClN2O2S. The molecule has 0 saturated carbocycles. The minimum Gasteiger partial charge on any atom is -0.317 e. The van der Waals surface area contributed by atoms with Crippen LogP contribution in [0.2, 0.25) is 0 Å². The van der Waals surface area contributed by atoms with E-state index in [1.165, 1.54) is 0 Å². The number of halogens is 2. The number of hydrogen-bond donors (Lipinski definition) is 1. The molecule has 0 radical (unpaired) electrons. The van der Waals surface area contributed by atoms with Crippen molar-refractivity contribution in [2.75, 3.05) is 18.8 Å². The van der Waals surface area contributed by atoms with Crippen LogP contribution >= 0.6 is 28.3 Å². The Morgan fingerprint density at radius 3 is 2.61 bits per heavy atom. The molecule has 0 amide bonds. The van der Waals surface area contributed by atoms with E-state index >= 15 is 0 Å². The van der Waals surface area contributed by atoms with Crippen molar-refractivity contribution in [3.05, 3.63) is 22.8 Å². The average Bonchev–Trinajstić information content (AvgIpc) is 2.30. The predicted octanol–water partition coefficient (Wildman–Crippen LogP) is 2.04. The van der Waals surface area contributed by atoms with Gasteiger partial charge in [0.1, 0.15) is 4.60 Å². The van der Waals surface area contributed by atoms with Crippen molar-refractivity contribution < 1.29 is 8.42 Å². The number of nitrogens with zero attached hydrogens (tertiary/aromatic N) is 1. The Balaban J connectivity index is 0.00000162. The number of nitrogens with one attached hydrogen (secondary N) is 1. The normalized spacial score (nSPS) is 17.2. The Bertz CT molecular complexity index is 490. The van der Waals surface area contributed by atoms with Gasteiger partial charge in [-0.15, -0.1) is 12.4 Å². The lowest BCUT2D eigenvalue weighted by atomic mass is 10.0. The summed E-state index contributed by atoms with van der Waals surface area (Å²) in [6, 6.07) is 4.98. The summed E-state index contributed by atoms with van der Waals surface area (Å²) in [4.78, 5) is 4.02. The summed E-state index contributed by atoms with van der Waals surface area (Å²) >= 11 is 3.19. The fourth-order valence-corrected chi connectivity index (χ4v) is 4.12. The summed E-state index contributed by atoms with van der Waals surface area (Å²) in [5, 5.41) is 3.40. The smallest absolute Gasteiger partial charge is 0.195 e. The number of piperidine rings is 1. The highest BCUT2D eigenvalue weighted by molar-refractivity contribution is 9.10. The van der Waals surface area contributed by atoms with Gasteiger partial charge in [-0.3, -0.25) is 0 Å². The maximum absolute atomic E-state index is 12.1. The molecule has 1 aromatic rings. The Morgan fingerprint density at radius 2 is 2.00 bits per heavy atom. The van der Waals surface area contributed by atoms with Gasteiger partial charge in [0.25, 0.3) is 0 Å². The predicted molar refractivity (Wildman–Crippen MR) is 76.8 cm³/mol. The van der Waals surface area contributed by atoms with Crippen molar-refractivity contribution in [2.24, 2.45) is 5.92 Å². The van der Waals surface area contributed by atoms with Gasteiger partial charge in [-0.1, -0.05) is 6.07 Å². The van der Waals surface area contributed by atoms with Crippen molar-refractivity contribution in [3.8, 4) is 0 Å². The number of sulfone groups is 1. The van der Waals surface area contributed by atoms with Gasteiger partial charge < -0.3 is 5.32 Å². The van der Waals surface area contributed by atoms with E-state index in [1.54, 1.807) is 18.2 Å². The standard InChI is InChI=1S/C11H15BrN2O2S.ClH/c12-10-2-1-3-11(14-10)17(15,16)8-9-4-6-13-7-5-9;/h1-3,9,13H,4-8H2;1H. The van der Waals surface area contributed by atoms with E-state index in [9.17, 15) is 8.42 Å². The van der Waals surface area contributed by atoms with Gasteiger partial charge in [-0.25, -0.2) is 13.4 Å². The molecule has 1 saturated heterocycles. The lowest BCUT2D eigenvalue weighted by Gasteiger charge is -2.22. The van der Waals surface area contributed by atoms with Crippen LogP contribution in [0.1, 0.15) is 12.8 Å². The Hall–Kier alpha value is -0.170. The fraction of sp³-hybridized carbons (Fsp3) is 0.545. The first-order chi connectivity index (χ1) is 8.08. The van der Waals surface area contributed by atoms with Crippen LogP contribution in [0.4, 0.5) is 0 Å². The number of aromatic nitrogens is 1. The SMILES string of the molecule is Cl.O=S(=O)(CC1CCNCC1)c1cccc(Br)n1. The second kappa shape index (κ2) is 6.84. The van der Waals surface area contributed by atoms with Crippen LogP contribution < -0.4 is 5.32 Å². The molecule has 0 bridgehead atoms. The zero-order valence-corrected chi connectivity index (χ0v) is 13.0.